The second kappa shape index (κ2) is 3.28. The normalized spacial score (nSPS) is 18.1. The van der Waals surface area contributed by atoms with Gasteiger partial charge in [-0.3, -0.25) is 0 Å². The van der Waals surface area contributed by atoms with E-state index in [9.17, 15) is 0 Å². The zero-order valence-electron chi connectivity index (χ0n) is 5.56. The van der Waals surface area contributed by atoms with E-state index in [2.05, 4.69) is 5.43 Å². The van der Waals surface area contributed by atoms with Crippen LogP contribution in [0.4, 0.5) is 0 Å². The summed E-state index contributed by atoms with van der Waals surface area (Å²) < 4.78 is 0.272. The number of halogens is 2. The van der Waals surface area contributed by atoms with Gasteiger partial charge >= 0.3 is 0 Å². The number of allylic oxidation sites excluding steroid dienone is 1. The van der Waals surface area contributed by atoms with Crippen molar-refractivity contribution in [3.8, 4) is 0 Å². The molecule has 56 valence electrons. The minimum atomic E-state index is 0.272. The van der Waals surface area contributed by atoms with E-state index in [4.69, 9.17) is 23.2 Å². The molecule has 0 saturated carbocycles. The van der Waals surface area contributed by atoms with Crippen molar-refractivity contribution in [3.05, 3.63) is 22.3 Å². The molecule has 1 aliphatic heterocycles. The summed E-state index contributed by atoms with van der Waals surface area (Å²) in [5.74, 6) is 0. The molecule has 0 fully saturated rings. The third-order valence-electron chi connectivity index (χ3n) is 1.17. The lowest BCUT2D eigenvalue weighted by molar-refractivity contribution is 0.325. The van der Waals surface area contributed by atoms with Gasteiger partial charge in [-0.1, -0.05) is 23.2 Å². The number of rotatable bonds is 1. The van der Waals surface area contributed by atoms with Crippen LogP contribution in [-0.2, 0) is 0 Å². The average Bonchev–Trinajstić information content (AvgIpc) is 2.13. The van der Waals surface area contributed by atoms with Gasteiger partial charge in [-0.15, -0.1) is 0 Å². The van der Waals surface area contributed by atoms with E-state index in [1.165, 1.54) is 0 Å². The minimum absolute atomic E-state index is 0.272. The molecule has 10 heavy (non-hydrogen) atoms. The molecule has 0 saturated heterocycles. The molecular weight excluding hydrogens is 171 g/mol. The fourth-order valence-corrected chi connectivity index (χ4v) is 0.991. The molecule has 0 aromatic carbocycles. The Hall–Kier alpha value is -0.180. The number of hydrogen-bond acceptors (Lipinski definition) is 2. The van der Waals surface area contributed by atoms with Crippen molar-refractivity contribution >= 4 is 23.2 Å². The van der Waals surface area contributed by atoms with Gasteiger partial charge in [-0.2, -0.15) is 0 Å². The second-order valence-corrected chi connectivity index (χ2v) is 3.09. The summed E-state index contributed by atoms with van der Waals surface area (Å²) in [5.41, 5.74) is 3.98. The van der Waals surface area contributed by atoms with Crippen molar-refractivity contribution in [1.29, 1.82) is 0 Å². The zero-order chi connectivity index (χ0) is 7.56. The molecule has 2 nitrogen and oxygen atoms in total. The SMILES string of the molecule is CN1CC=C(C=C(Cl)Cl)N1. The fourth-order valence-electron chi connectivity index (χ4n) is 0.756. The number of nitrogens with one attached hydrogen (secondary N) is 1. The van der Waals surface area contributed by atoms with Gasteiger partial charge in [0.1, 0.15) is 4.49 Å². The molecule has 0 aromatic heterocycles. The number of nitrogens with zero attached hydrogens (tertiary/aromatic N) is 1. The molecule has 0 atom stereocenters. The van der Waals surface area contributed by atoms with Gasteiger partial charge in [0.2, 0.25) is 0 Å². The Morgan fingerprint density at radius 2 is 2.50 bits per heavy atom. The van der Waals surface area contributed by atoms with Crippen LogP contribution in [0.5, 0.6) is 0 Å². The predicted octanol–water partition coefficient (Wildman–Crippen LogP) is 1.64. The molecule has 0 radical (unpaired) electrons. The van der Waals surface area contributed by atoms with Crippen molar-refractivity contribution in [2.45, 2.75) is 0 Å². The van der Waals surface area contributed by atoms with Crippen molar-refractivity contribution in [2.24, 2.45) is 0 Å². The van der Waals surface area contributed by atoms with Gasteiger partial charge in [0.25, 0.3) is 0 Å². The van der Waals surface area contributed by atoms with E-state index >= 15 is 0 Å². The van der Waals surface area contributed by atoms with Gasteiger partial charge in [0, 0.05) is 19.3 Å². The summed E-state index contributed by atoms with van der Waals surface area (Å²) in [6.07, 6.45) is 3.68. The zero-order valence-corrected chi connectivity index (χ0v) is 7.08. The summed E-state index contributed by atoms with van der Waals surface area (Å²) in [6.45, 7) is 0.882. The summed E-state index contributed by atoms with van der Waals surface area (Å²) in [4.78, 5) is 0. The summed E-state index contributed by atoms with van der Waals surface area (Å²) >= 11 is 10.9. The Morgan fingerprint density at radius 1 is 1.80 bits per heavy atom. The molecule has 0 unspecified atom stereocenters. The Kier molecular flexibility index (Phi) is 2.60. The first-order valence-corrected chi connectivity index (χ1v) is 3.65. The third-order valence-corrected chi connectivity index (χ3v) is 1.39. The molecule has 0 aliphatic carbocycles. The monoisotopic (exact) mass is 178 g/mol. The summed E-state index contributed by atoms with van der Waals surface area (Å²) in [5, 5.41) is 1.93. The van der Waals surface area contributed by atoms with Gasteiger partial charge in [0.15, 0.2) is 0 Å². The van der Waals surface area contributed by atoms with Crippen LogP contribution >= 0.6 is 23.2 Å². The molecule has 1 aliphatic rings. The van der Waals surface area contributed by atoms with Crippen LogP contribution in [0, 0.1) is 0 Å². The van der Waals surface area contributed by atoms with Crippen LogP contribution in [-0.4, -0.2) is 18.6 Å². The first-order chi connectivity index (χ1) is 4.68. The number of hydrogen-bond donors (Lipinski definition) is 1. The Labute approximate surface area is 70.1 Å². The molecule has 0 aromatic rings. The maximum atomic E-state index is 5.43. The first-order valence-electron chi connectivity index (χ1n) is 2.89. The Balaban J connectivity index is 2.52. The number of hydrazine groups is 1. The van der Waals surface area contributed by atoms with Crippen molar-refractivity contribution in [3.63, 3.8) is 0 Å². The smallest absolute Gasteiger partial charge is 0.108 e. The molecule has 1 rings (SSSR count). The lowest BCUT2D eigenvalue weighted by Gasteiger charge is -2.08. The molecule has 0 spiro atoms. The van der Waals surface area contributed by atoms with Crippen LogP contribution in [0.15, 0.2) is 22.3 Å². The predicted molar refractivity (Wildman–Crippen MR) is 43.6 cm³/mol. The highest BCUT2D eigenvalue weighted by Gasteiger charge is 2.05. The van der Waals surface area contributed by atoms with Gasteiger partial charge in [0.05, 0.1) is 0 Å². The molecule has 0 bridgehead atoms. The van der Waals surface area contributed by atoms with E-state index < -0.39 is 0 Å². The topological polar surface area (TPSA) is 15.3 Å². The minimum Gasteiger partial charge on any atom is -0.319 e. The highest BCUT2D eigenvalue weighted by atomic mass is 35.5. The standard InChI is InChI=1S/C6H8Cl2N2/c1-10-3-2-5(9-10)4-6(7)8/h2,4,9H,3H2,1H3. The molecule has 4 heteroatoms. The Bertz CT molecular complexity index is 182. The largest absolute Gasteiger partial charge is 0.319 e. The second-order valence-electron chi connectivity index (χ2n) is 2.09. The van der Waals surface area contributed by atoms with Crippen molar-refractivity contribution < 1.29 is 0 Å². The lowest BCUT2D eigenvalue weighted by atomic mass is 10.4. The average molecular weight is 179 g/mol. The van der Waals surface area contributed by atoms with Crippen molar-refractivity contribution in [1.82, 2.24) is 10.4 Å². The van der Waals surface area contributed by atoms with E-state index in [-0.39, 0.29) is 4.49 Å². The van der Waals surface area contributed by atoms with E-state index in [0.717, 1.165) is 12.2 Å². The highest BCUT2D eigenvalue weighted by molar-refractivity contribution is 6.56. The third kappa shape index (κ3) is 2.21. The summed E-state index contributed by atoms with van der Waals surface area (Å²) in [6, 6.07) is 0. The van der Waals surface area contributed by atoms with Gasteiger partial charge < -0.3 is 5.43 Å². The van der Waals surface area contributed by atoms with E-state index in [1.54, 1.807) is 6.08 Å². The highest BCUT2D eigenvalue weighted by Crippen LogP contribution is 2.11. The maximum Gasteiger partial charge on any atom is 0.108 e. The fraction of sp³-hybridized carbons (Fsp3) is 0.333. The first kappa shape index (κ1) is 7.92. The van der Waals surface area contributed by atoms with Crippen LogP contribution < -0.4 is 5.43 Å². The van der Waals surface area contributed by atoms with Crippen molar-refractivity contribution in [2.75, 3.05) is 13.6 Å². The molecule has 0 amide bonds. The molecule has 1 heterocycles. The maximum absolute atomic E-state index is 5.43. The van der Waals surface area contributed by atoms with Crippen LogP contribution in [0.25, 0.3) is 0 Å². The summed E-state index contributed by atoms with van der Waals surface area (Å²) in [7, 11) is 1.94. The van der Waals surface area contributed by atoms with Gasteiger partial charge in [-0.25, -0.2) is 5.01 Å². The number of likely N-dealkylation sites (N-methyl/N-ethyl adjacent to an activating group) is 1. The van der Waals surface area contributed by atoms with E-state index in [0.29, 0.717) is 0 Å². The van der Waals surface area contributed by atoms with Crippen LogP contribution in [0.2, 0.25) is 0 Å². The molecular formula is C6H8Cl2N2. The lowest BCUT2D eigenvalue weighted by Crippen LogP contribution is -2.26. The molecule has 1 N–H and O–H groups in total. The van der Waals surface area contributed by atoms with E-state index in [1.807, 2.05) is 18.1 Å². The Morgan fingerprint density at radius 3 is 2.90 bits per heavy atom. The quantitative estimate of drug-likeness (QED) is 0.658. The van der Waals surface area contributed by atoms with Gasteiger partial charge in [-0.05, 0) is 12.2 Å². The van der Waals surface area contributed by atoms with Crippen LogP contribution in [0.1, 0.15) is 0 Å². The van der Waals surface area contributed by atoms with Crippen LogP contribution in [0.3, 0.4) is 0 Å².